The molecule has 2 aromatic heterocycles. The van der Waals surface area contributed by atoms with Crippen molar-refractivity contribution in [2.45, 2.75) is 71.5 Å². The van der Waals surface area contributed by atoms with Crippen LogP contribution < -0.4 is 5.32 Å². The molecule has 36 heavy (non-hydrogen) atoms. The van der Waals surface area contributed by atoms with Gasteiger partial charge in [-0.25, -0.2) is 15.0 Å². The number of aryl methyl sites for hydroxylation is 2. The molecule has 0 saturated carbocycles. The van der Waals surface area contributed by atoms with Crippen molar-refractivity contribution in [3.05, 3.63) is 47.2 Å². The van der Waals surface area contributed by atoms with Gasteiger partial charge in [-0.15, -0.1) is 0 Å². The third kappa shape index (κ3) is 4.66. The van der Waals surface area contributed by atoms with Gasteiger partial charge in [0.25, 0.3) is 0 Å². The molecule has 0 aliphatic carbocycles. The molecule has 1 N–H and O–H groups in total. The number of anilines is 1. The van der Waals surface area contributed by atoms with Crippen LogP contribution in [0.2, 0.25) is 0 Å². The smallest absolute Gasteiger partial charge is 0.223 e. The zero-order chi connectivity index (χ0) is 25.2. The summed E-state index contributed by atoms with van der Waals surface area (Å²) in [5.41, 5.74) is 4.08. The Hall–Kier alpha value is -3.49. The maximum Gasteiger partial charge on any atom is 0.223 e. The molecule has 2 amide bonds. The largest absolute Gasteiger partial charge is 0.373 e. The minimum Gasteiger partial charge on any atom is -0.373 e. The second kappa shape index (κ2) is 10.2. The lowest BCUT2D eigenvalue weighted by Gasteiger charge is -2.36. The number of carbonyl (C=O) groups is 2. The van der Waals surface area contributed by atoms with Crippen molar-refractivity contribution in [1.82, 2.24) is 29.3 Å². The molecule has 9 heteroatoms. The van der Waals surface area contributed by atoms with Gasteiger partial charge in [-0.2, -0.15) is 0 Å². The quantitative estimate of drug-likeness (QED) is 0.568. The molecule has 1 saturated heterocycles. The van der Waals surface area contributed by atoms with Crippen molar-refractivity contribution in [1.29, 1.82) is 0 Å². The Morgan fingerprint density at radius 1 is 1.11 bits per heavy atom. The number of rotatable bonds is 6. The van der Waals surface area contributed by atoms with Crippen molar-refractivity contribution >= 4 is 28.7 Å². The van der Waals surface area contributed by atoms with E-state index < -0.39 is 0 Å². The molecular formula is C27H35N7O2. The van der Waals surface area contributed by atoms with Crippen LogP contribution in [0.5, 0.6) is 0 Å². The van der Waals surface area contributed by atoms with E-state index in [1.807, 2.05) is 42.0 Å². The predicted molar refractivity (Wildman–Crippen MR) is 138 cm³/mol. The first kappa shape index (κ1) is 24.2. The average molecular weight is 490 g/mol. The number of nitrogens with one attached hydrogen (secondary N) is 1. The normalized spacial score (nSPS) is 17.8. The highest BCUT2D eigenvalue weighted by Gasteiger charge is 2.32. The van der Waals surface area contributed by atoms with Crippen LogP contribution in [0.15, 0.2) is 24.3 Å². The fourth-order valence-corrected chi connectivity index (χ4v) is 5.58. The number of hydrogen-bond acceptors (Lipinski definition) is 6. The minimum atomic E-state index is -0.132. The summed E-state index contributed by atoms with van der Waals surface area (Å²) in [5.74, 6) is 2.69. The molecule has 2 aliphatic rings. The van der Waals surface area contributed by atoms with Crippen LogP contribution in [0.3, 0.4) is 0 Å². The standard InChI is InChI=1S/C27H35N7O2/c1-18-29-21-9-4-5-10-23(21)33(18)15-8-12-25(36)34-14-7-6-11-24(34)27-30-22-17-32(19(2)35)16-13-20(22)26(28-3)31-27/h4-5,9-10,24H,6-8,11-17H2,1-3H3,(H,28,30,31)/t24-/m0/s1. The van der Waals surface area contributed by atoms with Gasteiger partial charge in [0.2, 0.25) is 11.8 Å². The highest BCUT2D eigenvalue weighted by molar-refractivity contribution is 5.77. The minimum absolute atomic E-state index is 0.0576. The highest BCUT2D eigenvalue weighted by Crippen LogP contribution is 2.33. The molecule has 1 aromatic carbocycles. The molecule has 0 spiro atoms. The lowest BCUT2D eigenvalue weighted by molar-refractivity contribution is -0.135. The van der Waals surface area contributed by atoms with E-state index in [1.54, 1.807) is 6.92 Å². The number of benzene rings is 1. The molecule has 4 heterocycles. The van der Waals surface area contributed by atoms with Gasteiger partial charge in [-0.3, -0.25) is 9.59 Å². The van der Waals surface area contributed by atoms with Gasteiger partial charge in [-0.1, -0.05) is 12.1 Å². The summed E-state index contributed by atoms with van der Waals surface area (Å²) in [6.45, 7) is 6.28. The maximum absolute atomic E-state index is 13.4. The lowest BCUT2D eigenvalue weighted by Crippen LogP contribution is -2.40. The van der Waals surface area contributed by atoms with E-state index in [4.69, 9.17) is 9.97 Å². The third-order valence-electron chi connectivity index (χ3n) is 7.50. The third-order valence-corrected chi connectivity index (χ3v) is 7.50. The van der Waals surface area contributed by atoms with E-state index >= 15 is 0 Å². The number of hydrogen-bond donors (Lipinski definition) is 1. The number of para-hydroxylation sites is 2. The SMILES string of the molecule is CNc1nc([C@@H]2CCCCN2C(=O)CCCn2c(C)nc3ccccc32)nc2c1CCN(C(C)=O)C2. The van der Waals surface area contributed by atoms with E-state index in [9.17, 15) is 9.59 Å². The number of likely N-dealkylation sites (tertiary alicyclic amines) is 1. The van der Waals surface area contributed by atoms with Crippen molar-refractivity contribution in [3.63, 3.8) is 0 Å². The Kier molecular flexibility index (Phi) is 6.89. The second-order valence-corrected chi connectivity index (χ2v) is 9.80. The number of fused-ring (bicyclic) bond motifs is 2. The van der Waals surface area contributed by atoms with Crippen LogP contribution in [0.4, 0.5) is 5.82 Å². The molecule has 0 unspecified atom stereocenters. The van der Waals surface area contributed by atoms with Crippen LogP contribution in [-0.2, 0) is 29.1 Å². The average Bonchev–Trinajstić information content (AvgIpc) is 3.22. The van der Waals surface area contributed by atoms with Gasteiger partial charge >= 0.3 is 0 Å². The summed E-state index contributed by atoms with van der Waals surface area (Å²) in [7, 11) is 1.87. The Bertz CT molecular complexity index is 1280. The molecule has 5 rings (SSSR count). The van der Waals surface area contributed by atoms with E-state index in [2.05, 4.69) is 20.9 Å². The molecule has 9 nitrogen and oxygen atoms in total. The van der Waals surface area contributed by atoms with E-state index in [-0.39, 0.29) is 17.9 Å². The van der Waals surface area contributed by atoms with Crippen molar-refractivity contribution < 1.29 is 9.59 Å². The molecule has 0 radical (unpaired) electrons. The maximum atomic E-state index is 13.4. The molecule has 2 aliphatic heterocycles. The Balaban J connectivity index is 1.32. The van der Waals surface area contributed by atoms with Crippen LogP contribution in [-0.4, -0.2) is 61.3 Å². The summed E-state index contributed by atoms with van der Waals surface area (Å²) >= 11 is 0. The van der Waals surface area contributed by atoms with Crippen LogP contribution in [0.1, 0.15) is 68.0 Å². The van der Waals surface area contributed by atoms with Gasteiger partial charge in [-0.05, 0) is 51.2 Å². The number of amides is 2. The van der Waals surface area contributed by atoms with Gasteiger partial charge in [0.15, 0.2) is 5.82 Å². The molecular weight excluding hydrogens is 454 g/mol. The second-order valence-electron chi connectivity index (χ2n) is 9.80. The first-order valence-electron chi connectivity index (χ1n) is 13.0. The fourth-order valence-electron chi connectivity index (χ4n) is 5.58. The van der Waals surface area contributed by atoms with Crippen molar-refractivity contribution in [2.24, 2.45) is 0 Å². The Morgan fingerprint density at radius 3 is 2.75 bits per heavy atom. The zero-order valence-electron chi connectivity index (χ0n) is 21.5. The summed E-state index contributed by atoms with van der Waals surface area (Å²) in [6, 6.07) is 8.00. The van der Waals surface area contributed by atoms with E-state index in [1.165, 1.54) is 0 Å². The first-order valence-corrected chi connectivity index (χ1v) is 13.0. The number of piperidine rings is 1. The summed E-state index contributed by atoms with van der Waals surface area (Å²) in [6.07, 6.45) is 4.86. The molecule has 3 aromatic rings. The summed E-state index contributed by atoms with van der Waals surface area (Å²) < 4.78 is 2.20. The van der Waals surface area contributed by atoms with Crippen molar-refractivity contribution in [3.8, 4) is 0 Å². The lowest BCUT2D eigenvalue weighted by atomic mass is 9.99. The van der Waals surface area contributed by atoms with E-state index in [0.717, 1.165) is 79.1 Å². The van der Waals surface area contributed by atoms with Gasteiger partial charge in [0.05, 0.1) is 29.3 Å². The fraction of sp³-hybridized carbons (Fsp3) is 0.519. The number of carbonyl (C=O) groups excluding carboxylic acids is 2. The molecule has 1 atom stereocenters. The van der Waals surface area contributed by atoms with E-state index in [0.29, 0.717) is 25.3 Å². The van der Waals surface area contributed by atoms with Gasteiger partial charge in [0.1, 0.15) is 11.6 Å². The summed E-state index contributed by atoms with van der Waals surface area (Å²) in [4.78, 5) is 43.6. The van der Waals surface area contributed by atoms with Gasteiger partial charge < -0.3 is 19.7 Å². The number of nitrogens with zero attached hydrogens (tertiary/aromatic N) is 6. The molecule has 0 bridgehead atoms. The number of imidazole rings is 1. The summed E-state index contributed by atoms with van der Waals surface area (Å²) in [5, 5.41) is 3.23. The Labute approximate surface area is 211 Å². The zero-order valence-corrected chi connectivity index (χ0v) is 21.5. The van der Waals surface area contributed by atoms with Crippen LogP contribution in [0.25, 0.3) is 11.0 Å². The van der Waals surface area contributed by atoms with Crippen LogP contribution >= 0.6 is 0 Å². The number of aromatic nitrogens is 4. The molecule has 190 valence electrons. The molecule has 1 fully saturated rings. The van der Waals surface area contributed by atoms with Gasteiger partial charge in [0, 0.05) is 45.6 Å². The predicted octanol–water partition coefficient (Wildman–Crippen LogP) is 3.62. The van der Waals surface area contributed by atoms with Crippen LogP contribution in [0, 0.1) is 6.92 Å². The Morgan fingerprint density at radius 2 is 1.94 bits per heavy atom. The van der Waals surface area contributed by atoms with Crippen molar-refractivity contribution in [2.75, 3.05) is 25.5 Å². The topological polar surface area (TPSA) is 96.2 Å². The highest BCUT2D eigenvalue weighted by atomic mass is 16.2. The monoisotopic (exact) mass is 489 g/mol. The first-order chi connectivity index (χ1) is 17.5.